The average Bonchev–Trinajstić information content (AvgIpc) is 2.46. The first kappa shape index (κ1) is 21.0. The van der Waals surface area contributed by atoms with E-state index in [4.69, 9.17) is 14.6 Å². The molecule has 1 rings (SSSR count). The van der Waals surface area contributed by atoms with Crippen LogP contribution in [0, 0.1) is 0 Å². The zero-order valence-corrected chi connectivity index (χ0v) is 16.6. The molecule has 0 bridgehead atoms. The highest BCUT2D eigenvalue weighted by molar-refractivity contribution is 5.32. The van der Waals surface area contributed by atoms with Crippen LogP contribution in [0.15, 0.2) is 24.3 Å². The maximum absolute atomic E-state index is 9.09. The monoisotopic (exact) mass is 336 g/mol. The summed E-state index contributed by atoms with van der Waals surface area (Å²) >= 11 is 0. The van der Waals surface area contributed by atoms with E-state index in [0.29, 0.717) is 13.0 Å². The first-order valence-electron chi connectivity index (χ1n) is 9.06. The lowest BCUT2D eigenvalue weighted by Crippen LogP contribution is -2.39. The molecule has 0 saturated heterocycles. The molecule has 138 valence electrons. The summed E-state index contributed by atoms with van der Waals surface area (Å²) < 4.78 is 12.0. The lowest BCUT2D eigenvalue weighted by molar-refractivity contribution is -0.0890. The maximum atomic E-state index is 9.09. The van der Waals surface area contributed by atoms with Crippen LogP contribution in [0.2, 0.25) is 0 Å². The molecule has 0 saturated carbocycles. The fourth-order valence-corrected chi connectivity index (χ4v) is 2.80. The van der Waals surface area contributed by atoms with Gasteiger partial charge in [-0.25, -0.2) is 0 Å². The number of aliphatic hydroxyl groups is 1. The number of aliphatic hydroxyl groups excluding tert-OH is 1. The van der Waals surface area contributed by atoms with Gasteiger partial charge in [0.2, 0.25) is 0 Å². The van der Waals surface area contributed by atoms with Crippen LogP contribution in [-0.2, 0) is 10.2 Å². The predicted octanol–water partition coefficient (Wildman–Crippen LogP) is 5.10. The Kier molecular flexibility index (Phi) is 7.30. The van der Waals surface area contributed by atoms with Crippen LogP contribution in [0.4, 0.5) is 0 Å². The smallest absolute Gasteiger partial charge is 0.127 e. The summed E-state index contributed by atoms with van der Waals surface area (Å²) in [7, 11) is 0. The molecule has 0 aliphatic carbocycles. The van der Waals surface area contributed by atoms with Crippen LogP contribution in [0.5, 0.6) is 5.75 Å². The molecule has 0 spiro atoms. The fourth-order valence-electron chi connectivity index (χ4n) is 2.80. The summed E-state index contributed by atoms with van der Waals surface area (Å²) in [6.07, 6.45) is 2.97. The highest BCUT2D eigenvalue weighted by Gasteiger charge is 2.26. The quantitative estimate of drug-likeness (QED) is 0.646. The van der Waals surface area contributed by atoms with E-state index in [1.165, 1.54) is 18.4 Å². The Morgan fingerprint density at radius 3 is 1.96 bits per heavy atom. The largest absolute Gasteiger partial charge is 0.485 e. The van der Waals surface area contributed by atoms with E-state index in [1.54, 1.807) is 0 Å². The first-order valence-corrected chi connectivity index (χ1v) is 9.06. The molecule has 3 heteroatoms. The van der Waals surface area contributed by atoms with E-state index < -0.39 is 5.60 Å². The molecule has 0 amide bonds. The third-order valence-electron chi connectivity index (χ3n) is 4.43. The van der Waals surface area contributed by atoms with Gasteiger partial charge in [-0.15, -0.1) is 0 Å². The number of ether oxygens (including phenoxy) is 2. The molecule has 24 heavy (non-hydrogen) atoms. The van der Waals surface area contributed by atoms with E-state index in [9.17, 15) is 0 Å². The second kappa shape index (κ2) is 8.35. The minimum absolute atomic E-state index is 0.128. The van der Waals surface area contributed by atoms with Crippen molar-refractivity contribution in [1.29, 1.82) is 0 Å². The Balaban J connectivity index is 2.68. The average molecular weight is 337 g/mol. The highest BCUT2D eigenvalue weighted by atomic mass is 16.6. The van der Waals surface area contributed by atoms with E-state index in [-0.39, 0.29) is 17.6 Å². The van der Waals surface area contributed by atoms with Gasteiger partial charge in [-0.3, -0.25) is 0 Å². The van der Waals surface area contributed by atoms with E-state index in [2.05, 4.69) is 32.9 Å². The molecular formula is C21H36O3. The van der Waals surface area contributed by atoms with Gasteiger partial charge in [0.05, 0.1) is 12.2 Å². The standard InChI is InChI=1S/C21H36O3/c1-8-13-19(2,3)17-9-11-18(12-10-17)24-21(6,7)16-23-20(4,5)14-15-22/h9-12,22H,8,13-16H2,1-7H3. The third kappa shape index (κ3) is 6.82. The van der Waals surface area contributed by atoms with Crippen molar-refractivity contribution in [3.63, 3.8) is 0 Å². The van der Waals surface area contributed by atoms with Gasteiger partial charge in [-0.2, -0.15) is 0 Å². The molecule has 1 N–H and O–H groups in total. The highest BCUT2D eigenvalue weighted by Crippen LogP contribution is 2.30. The summed E-state index contributed by atoms with van der Waals surface area (Å²) in [6.45, 7) is 15.4. The molecule has 0 aliphatic heterocycles. The van der Waals surface area contributed by atoms with Gasteiger partial charge >= 0.3 is 0 Å². The molecular weight excluding hydrogens is 300 g/mol. The molecule has 1 aromatic rings. The van der Waals surface area contributed by atoms with Crippen LogP contribution in [0.1, 0.15) is 73.3 Å². The number of hydrogen-bond donors (Lipinski definition) is 1. The summed E-state index contributed by atoms with van der Waals surface area (Å²) in [5.41, 5.74) is 0.770. The molecule has 1 aromatic carbocycles. The molecule has 0 radical (unpaired) electrons. The zero-order valence-electron chi connectivity index (χ0n) is 16.6. The molecule has 0 fully saturated rings. The Labute approximate surface area is 148 Å². The lowest BCUT2D eigenvalue weighted by Gasteiger charge is -2.32. The van der Waals surface area contributed by atoms with Gasteiger partial charge in [0.15, 0.2) is 0 Å². The van der Waals surface area contributed by atoms with Crippen molar-refractivity contribution in [2.45, 2.75) is 84.3 Å². The predicted molar refractivity (Wildman–Crippen MR) is 101 cm³/mol. The molecule has 0 atom stereocenters. The van der Waals surface area contributed by atoms with Gasteiger partial charge < -0.3 is 14.6 Å². The van der Waals surface area contributed by atoms with Crippen LogP contribution in [-0.4, -0.2) is 29.5 Å². The SMILES string of the molecule is CCCC(C)(C)c1ccc(OC(C)(C)COC(C)(C)CCO)cc1. The second-order valence-electron chi connectivity index (χ2n) is 8.54. The van der Waals surface area contributed by atoms with E-state index >= 15 is 0 Å². The van der Waals surface area contributed by atoms with Crippen LogP contribution < -0.4 is 4.74 Å². The molecule has 3 nitrogen and oxygen atoms in total. The van der Waals surface area contributed by atoms with Crippen LogP contribution in [0.3, 0.4) is 0 Å². The molecule has 0 aromatic heterocycles. The number of hydrogen-bond acceptors (Lipinski definition) is 3. The van der Waals surface area contributed by atoms with Crippen molar-refractivity contribution < 1.29 is 14.6 Å². The second-order valence-corrected chi connectivity index (χ2v) is 8.54. The normalized spacial score (nSPS) is 13.2. The van der Waals surface area contributed by atoms with E-state index in [0.717, 1.165) is 5.75 Å². The van der Waals surface area contributed by atoms with E-state index in [1.807, 2.05) is 39.8 Å². The Morgan fingerprint density at radius 2 is 1.46 bits per heavy atom. The topological polar surface area (TPSA) is 38.7 Å². The fraction of sp³-hybridized carbons (Fsp3) is 0.714. The Bertz CT molecular complexity index is 486. The van der Waals surface area contributed by atoms with Crippen molar-refractivity contribution in [2.75, 3.05) is 13.2 Å². The van der Waals surface area contributed by atoms with Crippen molar-refractivity contribution >= 4 is 0 Å². The molecule has 0 unspecified atom stereocenters. The van der Waals surface area contributed by atoms with Crippen LogP contribution in [0.25, 0.3) is 0 Å². The van der Waals surface area contributed by atoms with Gasteiger partial charge in [0.1, 0.15) is 11.4 Å². The van der Waals surface area contributed by atoms with Crippen molar-refractivity contribution in [3.8, 4) is 5.75 Å². The van der Waals surface area contributed by atoms with Gasteiger partial charge in [0.25, 0.3) is 0 Å². The third-order valence-corrected chi connectivity index (χ3v) is 4.43. The summed E-state index contributed by atoms with van der Waals surface area (Å²) in [6, 6.07) is 8.43. The van der Waals surface area contributed by atoms with Gasteiger partial charge in [-0.05, 0) is 63.6 Å². The lowest BCUT2D eigenvalue weighted by atomic mass is 9.81. The molecule has 0 aliphatic rings. The van der Waals surface area contributed by atoms with Crippen molar-refractivity contribution in [2.24, 2.45) is 0 Å². The maximum Gasteiger partial charge on any atom is 0.127 e. The Hall–Kier alpha value is -1.06. The zero-order chi connectivity index (χ0) is 18.4. The minimum Gasteiger partial charge on any atom is -0.485 e. The van der Waals surface area contributed by atoms with Gasteiger partial charge in [0, 0.05) is 6.61 Å². The Morgan fingerprint density at radius 1 is 0.875 bits per heavy atom. The van der Waals surface area contributed by atoms with Crippen molar-refractivity contribution in [1.82, 2.24) is 0 Å². The number of rotatable bonds is 10. The summed E-state index contributed by atoms with van der Waals surface area (Å²) in [5.74, 6) is 0.861. The summed E-state index contributed by atoms with van der Waals surface area (Å²) in [4.78, 5) is 0. The summed E-state index contributed by atoms with van der Waals surface area (Å²) in [5, 5.41) is 9.09. The van der Waals surface area contributed by atoms with Crippen molar-refractivity contribution in [3.05, 3.63) is 29.8 Å². The molecule has 0 heterocycles. The van der Waals surface area contributed by atoms with Crippen LogP contribution >= 0.6 is 0 Å². The van der Waals surface area contributed by atoms with Gasteiger partial charge in [-0.1, -0.05) is 39.3 Å². The minimum atomic E-state index is -0.423. The first-order chi connectivity index (χ1) is 11.0. The number of benzene rings is 1.